The number of alkyl halides is 3. The average Bonchev–Trinajstić information content (AvgIpc) is 3.12. The minimum absolute atomic E-state index is 0.00115. The number of pyridine rings is 1. The highest BCUT2D eigenvalue weighted by Gasteiger charge is 2.32. The van der Waals surface area contributed by atoms with Crippen LogP contribution in [0.5, 0.6) is 0 Å². The predicted molar refractivity (Wildman–Crippen MR) is 116 cm³/mol. The molecule has 1 atom stereocenters. The van der Waals surface area contributed by atoms with E-state index in [1.165, 1.54) is 6.07 Å². The molecule has 2 rings (SSSR count). The molecule has 0 spiro atoms. The number of halogens is 3. The van der Waals surface area contributed by atoms with Crippen LogP contribution < -0.4 is 10.2 Å². The maximum Gasteiger partial charge on any atom is 0.433 e. The highest BCUT2D eigenvalue weighted by molar-refractivity contribution is 7.14. The fourth-order valence-corrected chi connectivity index (χ4v) is 3.42. The van der Waals surface area contributed by atoms with E-state index in [9.17, 15) is 27.9 Å². The van der Waals surface area contributed by atoms with Crippen LogP contribution in [0.2, 0.25) is 0 Å². The summed E-state index contributed by atoms with van der Waals surface area (Å²) < 4.78 is 43.6. The monoisotopic (exact) mass is 484 g/mol. The molecule has 0 fully saturated rings. The average molecular weight is 485 g/mol. The lowest BCUT2D eigenvalue weighted by molar-refractivity contribution is -0.141. The van der Waals surface area contributed by atoms with E-state index in [0.717, 1.165) is 28.5 Å². The van der Waals surface area contributed by atoms with Gasteiger partial charge in [0.1, 0.15) is 17.0 Å². The summed E-state index contributed by atoms with van der Waals surface area (Å²) in [6.07, 6.45) is -5.66. The molecule has 2 aromatic rings. The number of carbonyl (C=O) groups excluding carboxylic acids is 1. The molecule has 0 bridgehead atoms. The van der Waals surface area contributed by atoms with Crippen molar-refractivity contribution < 1.29 is 32.6 Å². The number of alkyl carbamates (subject to hydrolysis) is 1. The predicted octanol–water partition coefficient (Wildman–Crippen LogP) is 4.55. The van der Waals surface area contributed by atoms with E-state index in [-0.39, 0.29) is 18.1 Å². The molecule has 2 heterocycles. The van der Waals surface area contributed by atoms with Crippen LogP contribution in [-0.2, 0) is 17.3 Å². The highest BCUT2D eigenvalue weighted by Crippen LogP contribution is 2.27. The van der Waals surface area contributed by atoms with Gasteiger partial charge in [0.05, 0.1) is 12.6 Å². The molecule has 8 nitrogen and oxygen atoms in total. The maximum atomic E-state index is 12.8. The molecule has 12 heteroatoms. The van der Waals surface area contributed by atoms with E-state index in [1.54, 1.807) is 33.1 Å². The third-order valence-electron chi connectivity index (χ3n) is 3.93. The Hall–Kier alpha value is -3.33. The van der Waals surface area contributed by atoms with Crippen molar-refractivity contribution in [1.82, 2.24) is 15.3 Å². The quantitative estimate of drug-likeness (QED) is 0.583. The molecule has 0 saturated heterocycles. The van der Waals surface area contributed by atoms with Gasteiger partial charge in [-0.1, -0.05) is 12.0 Å². The van der Waals surface area contributed by atoms with Crippen LogP contribution in [0.15, 0.2) is 23.7 Å². The van der Waals surface area contributed by atoms with Crippen LogP contribution >= 0.6 is 11.3 Å². The normalized spacial score (nSPS) is 12.3. The van der Waals surface area contributed by atoms with Crippen molar-refractivity contribution in [3.8, 4) is 11.8 Å². The fraction of sp³-hybridized carbons (Fsp3) is 0.429. The Morgan fingerprint density at radius 3 is 2.52 bits per heavy atom. The lowest BCUT2D eigenvalue weighted by atomic mass is 10.1. The molecule has 0 saturated carbocycles. The molecular formula is C21H23F3N4O4S. The van der Waals surface area contributed by atoms with Crippen molar-refractivity contribution in [1.29, 1.82) is 0 Å². The van der Waals surface area contributed by atoms with Crippen molar-refractivity contribution in [3.63, 3.8) is 0 Å². The molecule has 2 N–H and O–H groups in total. The van der Waals surface area contributed by atoms with Crippen LogP contribution in [0, 0.1) is 11.8 Å². The van der Waals surface area contributed by atoms with Crippen LogP contribution in [-0.4, -0.2) is 45.4 Å². The van der Waals surface area contributed by atoms with E-state index in [0.29, 0.717) is 11.3 Å². The first-order chi connectivity index (χ1) is 15.3. The Kier molecular flexibility index (Phi) is 8.27. The highest BCUT2D eigenvalue weighted by atomic mass is 32.1. The second-order valence-corrected chi connectivity index (χ2v) is 8.72. The molecule has 0 unspecified atom stereocenters. The van der Waals surface area contributed by atoms with Gasteiger partial charge < -0.3 is 15.2 Å². The van der Waals surface area contributed by atoms with E-state index < -0.39 is 35.7 Å². The van der Waals surface area contributed by atoms with Gasteiger partial charge in [-0.15, -0.1) is 11.3 Å². The Bertz CT molecular complexity index is 1040. The summed E-state index contributed by atoms with van der Waals surface area (Å²) in [5, 5.41) is 14.0. The van der Waals surface area contributed by atoms with Crippen molar-refractivity contribution >= 4 is 28.7 Å². The van der Waals surface area contributed by atoms with Gasteiger partial charge in [0.25, 0.3) is 0 Å². The molecule has 0 aliphatic carbocycles. The molecule has 0 aliphatic rings. The standard InChI is InChI=1S/C21H23F3N4O4S/c1-5-6-14-12-33-17(26-14)28(19(30)31)11-15(27-18(29)32-20(2,3)4)9-13-7-8-16(25-10-13)21(22,23)24/h7-8,10,12,15H,9,11H2,1-4H3,(H,27,29)(H,30,31)/t15-/m0/s1. The Morgan fingerprint density at radius 1 is 1.30 bits per heavy atom. The summed E-state index contributed by atoms with van der Waals surface area (Å²) in [6, 6.07) is 1.20. The van der Waals surface area contributed by atoms with Crippen molar-refractivity contribution in [2.75, 3.05) is 11.4 Å². The number of carbonyl (C=O) groups is 2. The third-order valence-corrected chi connectivity index (χ3v) is 4.79. The number of amides is 2. The summed E-state index contributed by atoms with van der Waals surface area (Å²) in [5.74, 6) is 5.40. The van der Waals surface area contributed by atoms with E-state index >= 15 is 0 Å². The number of rotatable bonds is 6. The Labute approximate surface area is 192 Å². The van der Waals surface area contributed by atoms with Gasteiger partial charge in [-0.3, -0.25) is 9.88 Å². The first-order valence-electron chi connectivity index (χ1n) is 9.69. The number of carboxylic acid groups (broad SMARTS) is 1. The molecular weight excluding hydrogens is 461 g/mol. The number of anilines is 1. The number of ether oxygens (including phenoxy) is 1. The largest absolute Gasteiger partial charge is 0.465 e. The maximum absolute atomic E-state index is 12.8. The topological polar surface area (TPSA) is 105 Å². The van der Waals surface area contributed by atoms with Gasteiger partial charge in [-0.25, -0.2) is 14.6 Å². The molecule has 0 aliphatic heterocycles. The summed E-state index contributed by atoms with van der Waals surface area (Å²) in [4.78, 5) is 32.7. The van der Waals surface area contributed by atoms with Crippen molar-refractivity contribution in [2.24, 2.45) is 0 Å². The van der Waals surface area contributed by atoms with Gasteiger partial charge in [-0.05, 0) is 51.7 Å². The zero-order valence-corrected chi connectivity index (χ0v) is 19.2. The first-order valence-corrected chi connectivity index (χ1v) is 10.6. The molecule has 0 radical (unpaired) electrons. The van der Waals surface area contributed by atoms with E-state index in [2.05, 4.69) is 27.1 Å². The zero-order chi connectivity index (χ0) is 24.8. The van der Waals surface area contributed by atoms with Gasteiger partial charge in [-0.2, -0.15) is 13.2 Å². The second-order valence-electron chi connectivity index (χ2n) is 7.88. The minimum atomic E-state index is -4.59. The summed E-state index contributed by atoms with van der Waals surface area (Å²) >= 11 is 1.06. The van der Waals surface area contributed by atoms with Crippen molar-refractivity contribution in [3.05, 3.63) is 40.7 Å². The molecule has 178 valence electrons. The molecule has 2 aromatic heterocycles. The number of hydrogen-bond acceptors (Lipinski definition) is 6. The van der Waals surface area contributed by atoms with Crippen molar-refractivity contribution in [2.45, 2.75) is 51.9 Å². The van der Waals surface area contributed by atoms with Crippen LogP contribution in [0.25, 0.3) is 0 Å². The second kappa shape index (κ2) is 10.5. The van der Waals surface area contributed by atoms with Crippen LogP contribution in [0.3, 0.4) is 0 Å². The van der Waals surface area contributed by atoms with Gasteiger partial charge in [0.15, 0.2) is 5.13 Å². The fourth-order valence-electron chi connectivity index (χ4n) is 2.67. The number of nitrogens with one attached hydrogen (secondary N) is 1. The SMILES string of the molecule is CC#Cc1csc(N(C[C@H](Cc2ccc(C(F)(F)F)nc2)NC(=O)OC(C)(C)C)C(=O)O)n1. The third kappa shape index (κ3) is 8.27. The van der Waals surface area contributed by atoms with Gasteiger partial charge in [0.2, 0.25) is 0 Å². The summed E-state index contributed by atoms with van der Waals surface area (Å²) in [5.41, 5.74) is -1.10. The smallest absolute Gasteiger partial charge is 0.433 e. The number of hydrogen-bond donors (Lipinski definition) is 2. The molecule has 33 heavy (non-hydrogen) atoms. The lowest BCUT2D eigenvalue weighted by Crippen LogP contribution is -2.48. The lowest BCUT2D eigenvalue weighted by Gasteiger charge is -2.26. The first kappa shape index (κ1) is 25.9. The van der Waals surface area contributed by atoms with E-state index in [4.69, 9.17) is 4.74 Å². The van der Waals surface area contributed by atoms with E-state index in [1.807, 2.05) is 0 Å². The number of thiazole rings is 1. The Balaban J connectivity index is 2.28. The minimum Gasteiger partial charge on any atom is -0.465 e. The van der Waals surface area contributed by atoms with Gasteiger partial charge in [0, 0.05) is 11.6 Å². The number of aromatic nitrogens is 2. The Morgan fingerprint density at radius 2 is 2.00 bits per heavy atom. The van der Waals surface area contributed by atoms with Crippen LogP contribution in [0.1, 0.15) is 44.6 Å². The van der Waals surface area contributed by atoms with Crippen LogP contribution in [0.4, 0.5) is 27.9 Å². The zero-order valence-electron chi connectivity index (χ0n) is 18.4. The summed E-state index contributed by atoms with van der Waals surface area (Å²) in [7, 11) is 0. The van der Waals surface area contributed by atoms with Gasteiger partial charge >= 0.3 is 18.4 Å². The molecule has 0 aromatic carbocycles. The molecule has 2 amide bonds. The summed E-state index contributed by atoms with van der Waals surface area (Å²) in [6.45, 7) is 6.37. The number of nitrogens with zero attached hydrogens (tertiary/aromatic N) is 3.